The predicted molar refractivity (Wildman–Crippen MR) is 71.0 cm³/mol. The Morgan fingerprint density at radius 3 is 2.68 bits per heavy atom. The van der Waals surface area contributed by atoms with Crippen molar-refractivity contribution in [2.75, 3.05) is 13.6 Å². The van der Waals surface area contributed by atoms with E-state index in [1.54, 1.807) is 27.0 Å². The molecule has 1 aromatic carbocycles. The standard InChI is InChI=1S/C13H18N2O4/c1-9(13(16)17)7-14(3)8-11-5-4-6-12(10(11)2)15(18)19/h4-6,9H,7-8H2,1-3H3,(H,16,17). The molecule has 0 radical (unpaired) electrons. The molecule has 0 aromatic heterocycles. The molecule has 1 rings (SSSR count). The number of rotatable bonds is 6. The first-order valence-electron chi connectivity index (χ1n) is 5.97. The van der Waals surface area contributed by atoms with Crippen molar-refractivity contribution in [2.24, 2.45) is 5.92 Å². The Labute approximate surface area is 111 Å². The van der Waals surface area contributed by atoms with Gasteiger partial charge in [0.15, 0.2) is 0 Å². The second kappa shape index (κ2) is 6.29. The summed E-state index contributed by atoms with van der Waals surface area (Å²) in [6.07, 6.45) is 0. The Morgan fingerprint density at radius 1 is 1.53 bits per heavy atom. The summed E-state index contributed by atoms with van der Waals surface area (Å²) in [5.41, 5.74) is 1.56. The van der Waals surface area contributed by atoms with Crippen molar-refractivity contribution in [3.8, 4) is 0 Å². The molecule has 19 heavy (non-hydrogen) atoms. The van der Waals surface area contributed by atoms with Gasteiger partial charge in [-0.25, -0.2) is 0 Å². The second-order valence-electron chi connectivity index (χ2n) is 4.75. The fourth-order valence-corrected chi connectivity index (χ4v) is 1.94. The minimum Gasteiger partial charge on any atom is -0.481 e. The number of nitro groups is 1. The lowest BCUT2D eigenvalue weighted by atomic mass is 10.1. The fraction of sp³-hybridized carbons (Fsp3) is 0.462. The van der Waals surface area contributed by atoms with E-state index in [0.717, 1.165) is 5.56 Å². The lowest BCUT2D eigenvalue weighted by Crippen LogP contribution is -2.28. The number of hydrogen-bond donors (Lipinski definition) is 1. The first-order chi connectivity index (χ1) is 8.82. The van der Waals surface area contributed by atoms with E-state index in [9.17, 15) is 14.9 Å². The number of benzene rings is 1. The zero-order valence-electron chi connectivity index (χ0n) is 11.3. The van der Waals surface area contributed by atoms with Crippen LogP contribution in [0.25, 0.3) is 0 Å². The molecule has 6 heteroatoms. The highest BCUT2D eigenvalue weighted by atomic mass is 16.6. The highest BCUT2D eigenvalue weighted by molar-refractivity contribution is 5.69. The number of hydrogen-bond acceptors (Lipinski definition) is 4. The third-order valence-electron chi connectivity index (χ3n) is 3.06. The van der Waals surface area contributed by atoms with Crippen LogP contribution in [-0.4, -0.2) is 34.5 Å². The summed E-state index contributed by atoms with van der Waals surface area (Å²) in [6.45, 7) is 4.24. The van der Waals surface area contributed by atoms with E-state index in [2.05, 4.69) is 0 Å². The number of carboxylic acids is 1. The maximum Gasteiger partial charge on any atom is 0.307 e. The molecule has 0 bridgehead atoms. The molecule has 6 nitrogen and oxygen atoms in total. The number of nitrogens with zero attached hydrogens (tertiary/aromatic N) is 2. The van der Waals surface area contributed by atoms with Gasteiger partial charge in [-0.3, -0.25) is 14.9 Å². The average molecular weight is 266 g/mol. The molecule has 0 aliphatic heterocycles. The van der Waals surface area contributed by atoms with Crippen molar-refractivity contribution in [2.45, 2.75) is 20.4 Å². The lowest BCUT2D eigenvalue weighted by Gasteiger charge is -2.20. The van der Waals surface area contributed by atoms with Crippen molar-refractivity contribution in [1.29, 1.82) is 0 Å². The minimum absolute atomic E-state index is 0.0946. The summed E-state index contributed by atoms with van der Waals surface area (Å²) in [5.74, 6) is -1.31. The third-order valence-corrected chi connectivity index (χ3v) is 3.06. The Kier molecular flexibility index (Phi) is 5.00. The Balaban J connectivity index is 2.80. The monoisotopic (exact) mass is 266 g/mol. The van der Waals surface area contributed by atoms with Crippen LogP contribution < -0.4 is 0 Å². The summed E-state index contributed by atoms with van der Waals surface area (Å²) in [5, 5.41) is 19.7. The van der Waals surface area contributed by atoms with Crippen molar-refractivity contribution in [3.63, 3.8) is 0 Å². The average Bonchev–Trinajstić information content (AvgIpc) is 2.31. The van der Waals surface area contributed by atoms with Crippen LogP contribution in [0.1, 0.15) is 18.1 Å². The van der Waals surface area contributed by atoms with E-state index in [-0.39, 0.29) is 5.69 Å². The highest BCUT2D eigenvalue weighted by Crippen LogP contribution is 2.22. The molecule has 104 valence electrons. The number of nitro benzene ring substituents is 1. The molecule has 1 atom stereocenters. The summed E-state index contributed by atoms with van der Waals surface area (Å²) < 4.78 is 0. The van der Waals surface area contributed by atoms with Gasteiger partial charge in [0, 0.05) is 24.7 Å². The van der Waals surface area contributed by atoms with Crippen molar-refractivity contribution < 1.29 is 14.8 Å². The number of aliphatic carboxylic acids is 1. The largest absolute Gasteiger partial charge is 0.481 e. The van der Waals surface area contributed by atoms with Gasteiger partial charge in [0.05, 0.1) is 10.8 Å². The highest BCUT2D eigenvalue weighted by Gasteiger charge is 2.17. The van der Waals surface area contributed by atoms with Gasteiger partial charge >= 0.3 is 5.97 Å². The van der Waals surface area contributed by atoms with Crippen molar-refractivity contribution >= 4 is 11.7 Å². The van der Waals surface area contributed by atoms with Gasteiger partial charge in [0.1, 0.15) is 0 Å². The van der Waals surface area contributed by atoms with Crippen LogP contribution >= 0.6 is 0 Å². The zero-order valence-corrected chi connectivity index (χ0v) is 11.3. The first kappa shape index (κ1) is 15.1. The van der Waals surface area contributed by atoms with Gasteiger partial charge in [-0.05, 0) is 19.5 Å². The molecule has 0 spiro atoms. The molecule has 0 aliphatic carbocycles. The van der Waals surface area contributed by atoms with Crippen LogP contribution in [0.5, 0.6) is 0 Å². The lowest BCUT2D eigenvalue weighted by molar-refractivity contribution is -0.385. The maximum atomic E-state index is 10.8. The third kappa shape index (κ3) is 4.03. The molecule has 1 N–H and O–H groups in total. The molecule has 0 heterocycles. The van der Waals surface area contributed by atoms with Crippen LogP contribution in [0.4, 0.5) is 5.69 Å². The van der Waals surface area contributed by atoms with Crippen LogP contribution in [0, 0.1) is 23.0 Å². The van der Waals surface area contributed by atoms with Crippen molar-refractivity contribution in [3.05, 3.63) is 39.4 Å². The quantitative estimate of drug-likeness (QED) is 0.629. The summed E-state index contributed by atoms with van der Waals surface area (Å²) in [6, 6.07) is 4.94. The molecule has 0 fully saturated rings. The fourth-order valence-electron chi connectivity index (χ4n) is 1.94. The molecule has 0 saturated carbocycles. The van der Waals surface area contributed by atoms with Crippen LogP contribution in [0.15, 0.2) is 18.2 Å². The molecular weight excluding hydrogens is 248 g/mol. The van der Waals surface area contributed by atoms with E-state index < -0.39 is 16.8 Å². The minimum atomic E-state index is -0.845. The smallest absolute Gasteiger partial charge is 0.307 e. The van der Waals surface area contributed by atoms with E-state index >= 15 is 0 Å². The van der Waals surface area contributed by atoms with Gasteiger partial charge in [-0.2, -0.15) is 0 Å². The van der Waals surface area contributed by atoms with E-state index in [1.807, 2.05) is 11.0 Å². The predicted octanol–water partition coefficient (Wildman–Crippen LogP) is 2.06. The van der Waals surface area contributed by atoms with Crippen LogP contribution in [0.3, 0.4) is 0 Å². The van der Waals surface area contributed by atoms with Crippen LogP contribution in [-0.2, 0) is 11.3 Å². The van der Waals surface area contributed by atoms with E-state index in [1.165, 1.54) is 6.07 Å². The zero-order chi connectivity index (χ0) is 14.6. The topological polar surface area (TPSA) is 83.7 Å². The van der Waals surface area contributed by atoms with E-state index in [4.69, 9.17) is 5.11 Å². The normalized spacial score (nSPS) is 12.4. The molecule has 1 unspecified atom stereocenters. The molecule has 1 aromatic rings. The van der Waals surface area contributed by atoms with Crippen molar-refractivity contribution in [1.82, 2.24) is 4.90 Å². The van der Waals surface area contributed by atoms with Gasteiger partial charge in [0.25, 0.3) is 5.69 Å². The van der Waals surface area contributed by atoms with Crippen LogP contribution in [0.2, 0.25) is 0 Å². The molecule has 0 aliphatic rings. The Bertz CT molecular complexity index is 488. The molecule has 0 amide bonds. The molecule has 0 saturated heterocycles. The second-order valence-corrected chi connectivity index (χ2v) is 4.75. The summed E-state index contributed by atoms with van der Waals surface area (Å²) in [4.78, 5) is 23.1. The summed E-state index contributed by atoms with van der Waals surface area (Å²) >= 11 is 0. The number of carboxylic acid groups (broad SMARTS) is 1. The van der Waals surface area contributed by atoms with Gasteiger partial charge < -0.3 is 10.0 Å². The molecular formula is C13H18N2O4. The Morgan fingerprint density at radius 2 is 2.16 bits per heavy atom. The van der Waals surface area contributed by atoms with Gasteiger partial charge in [-0.1, -0.05) is 19.1 Å². The van der Waals surface area contributed by atoms with E-state index in [0.29, 0.717) is 18.7 Å². The first-order valence-corrected chi connectivity index (χ1v) is 5.97. The maximum absolute atomic E-state index is 10.8. The summed E-state index contributed by atoms with van der Waals surface area (Å²) in [7, 11) is 1.80. The Hall–Kier alpha value is -1.95. The number of carbonyl (C=O) groups is 1. The van der Waals surface area contributed by atoms with Gasteiger partial charge in [0.2, 0.25) is 0 Å². The SMILES string of the molecule is Cc1c(CN(C)CC(C)C(=O)O)cccc1[N+](=O)[O-]. The van der Waals surface area contributed by atoms with Gasteiger partial charge in [-0.15, -0.1) is 0 Å².